The highest BCUT2D eigenvalue weighted by Crippen LogP contribution is 2.32. The molecule has 0 spiro atoms. The van der Waals surface area contributed by atoms with Gasteiger partial charge in [0, 0.05) is 44.8 Å². The summed E-state index contributed by atoms with van der Waals surface area (Å²) in [5, 5.41) is 8.37. The van der Waals surface area contributed by atoms with Gasteiger partial charge in [0.1, 0.15) is 0 Å². The number of para-hydroxylation sites is 1. The molecule has 1 atom stereocenters. The van der Waals surface area contributed by atoms with Crippen molar-refractivity contribution < 1.29 is 9.32 Å². The second-order valence-corrected chi connectivity index (χ2v) is 8.16. The fraction of sp³-hybridized carbons (Fsp3) is 0.391. The van der Waals surface area contributed by atoms with Gasteiger partial charge in [-0.25, -0.2) is 0 Å². The van der Waals surface area contributed by atoms with Gasteiger partial charge in [0.05, 0.1) is 5.39 Å². The van der Waals surface area contributed by atoms with E-state index < -0.39 is 0 Å². The molecule has 2 aliphatic heterocycles. The molecule has 1 aromatic heterocycles. The molecule has 2 aliphatic rings. The van der Waals surface area contributed by atoms with Crippen molar-refractivity contribution in [3.05, 3.63) is 53.6 Å². The molecule has 29 heavy (non-hydrogen) atoms. The van der Waals surface area contributed by atoms with Crippen LogP contribution in [0, 0.1) is 0 Å². The van der Waals surface area contributed by atoms with Crippen LogP contribution in [0.1, 0.15) is 30.4 Å². The van der Waals surface area contributed by atoms with Crippen molar-refractivity contribution in [3.63, 3.8) is 0 Å². The first-order chi connectivity index (χ1) is 14.2. The number of hydrogen-bond acceptors (Lipinski definition) is 5. The Morgan fingerprint density at radius 3 is 2.83 bits per heavy atom. The van der Waals surface area contributed by atoms with Crippen molar-refractivity contribution in [2.75, 3.05) is 42.9 Å². The number of nitrogens with one attached hydrogen (secondary N) is 1. The van der Waals surface area contributed by atoms with Crippen LogP contribution in [0.15, 0.2) is 47.0 Å². The maximum Gasteiger partial charge on any atom is 0.224 e. The summed E-state index contributed by atoms with van der Waals surface area (Å²) in [4.78, 5) is 16.5. The predicted molar refractivity (Wildman–Crippen MR) is 114 cm³/mol. The van der Waals surface area contributed by atoms with Gasteiger partial charge in [0.25, 0.3) is 0 Å². The number of piperazine rings is 1. The highest BCUT2D eigenvalue weighted by molar-refractivity contribution is 5.94. The first-order valence-electron chi connectivity index (χ1n) is 10.4. The van der Waals surface area contributed by atoms with Crippen molar-refractivity contribution in [2.45, 2.75) is 25.7 Å². The molecule has 6 nitrogen and oxygen atoms in total. The lowest BCUT2D eigenvalue weighted by molar-refractivity contribution is -0.116. The smallest absolute Gasteiger partial charge is 0.224 e. The fourth-order valence-electron chi connectivity index (χ4n) is 4.45. The Balaban J connectivity index is 1.19. The molecule has 0 bridgehead atoms. The zero-order valence-corrected chi connectivity index (χ0v) is 16.7. The number of rotatable bonds is 4. The second kappa shape index (κ2) is 7.52. The molecule has 1 saturated heterocycles. The van der Waals surface area contributed by atoms with Crippen LogP contribution in [0.2, 0.25) is 0 Å². The lowest BCUT2D eigenvalue weighted by Gasteiger charge is -2.34. The van der Waals surface area contributed by atoms with E-state index in [1.165, 1.54) is 11.1 Å². The van der Waals surface area contributed by atoms with Crippen molar-refractivity contribution in [2.24, 2.45) is 0 Å². The average molecular weight is 390 g/mol. The van der Waals surface area contributed by atoms with E-state index in [9.17, 15) is 4.79 Å². The number of benzene rings is 2. The van der Waals surface area contributed by atoms with E-state index in [1.807, 2.05) is 18.2 Å². The molecule has 0 radical (unpaired) electrons. The second-order valence-electron chi connectivity index (χ2n) is 8.16. The fourth-order valence-corrected chi connectivity index (χ4v) is 4.45. The molecule has 1 fully saturated rings. The molecule has 0 saturated carbocycles. The van der Waals surface area contributed by atoms with E-state index in [-0.39, 0.29) is 5.91 Å². The van der Waals surface area contributed by atoms with Crippen molar-refractivity contribution >= 4 is 28.4 Å². The van der Waals surface area contributed by atoms with Crippen molar-refractivity contribution in [3.8, 4) is 0 Å². The number of fused-ring (bicyclic) bond motifs is 2. The van der Waals surface area contributed by atoms with Gasteiger partial charge in [-0.1, -0.05) is 36.3 Å². The molecule has 150 valence electrons. The minimum Gasteiger partial charge on any atom is -0.354 e. The standard InChI is InChI=1S/C23H26N4O2/c1-16-14-22(28)24-20-7-6-17(15-19(16)20)8-9-26-10-12-27(13-11-26)23-18-4-2-3-5-21(18)29-25-23/h2-7,15-16H,8-14H2,1H3,(H,24,28)/t16-/m1/s1. The molecule has 1 amide bonds. The Morgan fingerprint density at radius 2 is 1.97 bits per heavy atom. The average Bonchev–Trinajstić information content (AvgIpc) is 3.17. The number of amides is 1. The van der Waals surface area contributed by atoms with Gasteiger partial charge in [-0.2, -0.15) is 0 Å². The number of hydrogen-bond donors (Lipinski definition) is 1. The molecule has 5 rings (SSSR count). The highest BCUT2D eigenvalue weighted by atomic mass is 16.5. The van der Waals surface area contributed by atoms with Gasteiger partial charge in [0.2, 0.25) is 5.91 Å². The lowest BCUT2D eigenvalue weighted by Crippen LogP contribution is -2.47. The Kier molecular flexibility index (Phi) is 4.72. The molecule has 2 aromatic carbocycles. The molecule has 1 N–H and O–H groups in total. The van der Waals surface area contributed by atoms with E-state index >= 15 is 0 Å². The van der Waals surface area contributed by atoms with Crippen molar-refractivity contribution in [1.82, 2.24) is 10.1 Å². The molecule has 0 aliphatic carbocycles. The van der Waals surface area contributed by atoms with Crippen LogP contribution in [0.25, 0.3) is 11.0 Å². The predicted octanol–water partition coefficient (Wildman–Crippen LogP) is 3.64. The number of nitrogens with zero attached hydrogens (tertiary/aromatic N) is 3. The number of anilines is 2. The van der Waals surface area contributed by atoms with Gasteiger partial charge >= 0.3 is 0 Å². The Morgan fingerprint density at radius 1 is 1.14 bits per heavy atom. The largest absolute Gasteiger partial charge is 0.354 e. The summed E-state index contributed by atoms with van der Waals surface area (Å²) in [5.74, 6) is 1.38. The van der Waals surface area contributed by atoms with Gasteiger partial charge in [-0.15, -0.1) is 0 Å². The van der Waals surface area contributed by atoms with E-state index in [0.717, 1.165) is 61.6 Å². The van der Waals surface area contributed by atoms with Crippen LogP contribution in [-0.4, -0.2) is 48.7 Å². The van der Waals surface area contributed by atoms with Crippen LogP contribution in [0.3, 0.4) is 0 Å². The summed E-state index contributed by atoms with van der Waals surface area (Å²) in [7, 11) is 0. The summed E-state index contributed by atoms with van der Waals surface area (Å²) in [6, 6.07) is 14.5. The normalized spacial score (nSPS) is 20.0. The van der Waals surface area contributed by atoms with Gasteiger partial charge in [-0.3, -0.25) is 9.69 Å². The van der Waals surface area contributed by atoms with Crippen molar-refractivity contribution in [1.29, 1.82) is 0 Å². The third-order valence-electron chi connectivity index (χ3n) is 6.16. The monoisotopic (exact) mass is 390 g/mol. The molecular formula is C23H26N4O2. The van der Waals surface area contributed by atoms with Gasteiger partial charge in [-0.05, 0) is 41.7 Å². The van der Waals surface area contributed by atoms with Gasteiger partial charge in [0.15, 0.2) is 11.4 Å². The topological polar surface area (TPSA) is 61.6 Å². The molecule has 3 aromatic rings. The molecule has 6 heteroatoms. The van der Waals surface area contributed by atoms with Crippen LogP contribution in [-0.2, 0) is 11.2 Å². The van der Waals surface area contributed by atoms with E-state index in [0.29, 0.717) is 12.3 Å². The molecule has 3 heterocycles. The third-order valence-corrected chi connectivity index (χ3v) is 6.16. The highest BCUT2D eigenvalue weighted by Gasteiger charge is 2.23. The minimum absolute atomic E-state index is 0.121. The van der Waals surface area contributed by atoms with Crippen LogP contribution < -0.4 is 10.2 Å². The summed E-state index contributed by atoms with van der Waals surface area (Å²) < 4.78 is 5.46. The molecule has 0 unspecified atom stereocenters. The Bertz CT molecular complexity index is 1040. The SMILES string of the molecule is C[C@@H]1CC(=O)Nc2ccc(CCN3CCN(c4noc5ccccc45)CC3)cc21. The van der Waals surface area contributed by atoms with E-state index in [1.54, 1.807) is 0 Å². The third kappa shape index (κ3) is 3.60. The zero-order valence-electron chi connectivity index (χ0n) is 16.7. The van der Waals surface area contributed by atoms with E-state index in [2.05, 4.69) is 51.5 Å². The zero-order chi connectivity index (χ0) is 19.8. The Labute approximate surface area is 170 Å². The number of carbonyl (C=O) groups is 1. The summed E-state index contributed by atoms with van der Waals surface area (Å²) in [6.45, 7) is 7.16. The maximum atomic E-state index is 11.7. The quantitative estimate of drug-likeness (QED) is 0.737. The first kappa shape index (κ1) is 18.2. The minimum atomic E-state index is 0.121. The first-order valence-corrected chi connectivity index (χ1v) is 10.4. The number of aromatic nitrogens is 1. The Hall–Kier alpha value is -2.86. The lowest BCUT2D eigenvalue weighted by atomic mass is 9.90. The molecular weight excluding hydrogens is 364 g/mol. The van der Waals surface area contributed by atoms with Crippen LogP contribution in [0.5, 0.6) is 0 Å². The summed E-state index contributed by atoms with van der Waals surface area (Å²) in [5.41, 5.74) is 4.44. The summed E-state index contributed by atoms with van der Waals surface area (Å²) >= 11 is 0. The van der Waals surface area contributed by atoms with Crippen LogP contribution in [0.4, 0.5) is 11.5 Å². The maximum absolute atomic E-state index is 11.7. The number of carbonyl (C=O) groups excluding carboxylic acids is 1. The van der Waals surface area contributed by atoms with Gasteiger partial charge < -0.3 is 14.7 Å². The summed E-state index contributed by atoms with van der Waals surface area (Å²) in [6.07, 6.45) is 1.61. The van der Waals surface area contributed by atoms with E-state index in [4.69, 9.17) is 4.52 Å². The van der Waals surface area contributed by atoms with Crippen LogP contribution >= 0.6 is 0 Å².